The van der Waals surface area contributed by atoms with E-state index in [0.29, 0.717) is 65.7 Å². The van der Waals surface area contributed by atoms with Crippen LogP contribution < -0.4 is 4.74 Å². The van der Waals surface area contributed by atoms with Crippen LogP contribution in [0.25, 0.3) is 23.0 Å². The fraction of sp³-hybridized carbons (Fsp3) is 0.310. The van der Waals surface area contributed by atoms with Gasteiger partial charge in [0.1, 0.15) is 11.4 Å². The second kappa shape index (κ2) is 12.1. The van der Waals surface area contributed by atoms with Gasteiger partial charge in [-0.2, -0.15) is 10.1 Å². The number of rotatable bonds is 7. The number of carbonyl (C=O) groups is 2. The van der Waals surface area contributed by atoms with Crippen molar-refractivity contribution in [2.24, 2.45) is 10.9 Å². The van der Waals surface area contributed by atoms with Gasteiger partial charge in [0.05, 0.1) is 34.7 Å². The summed E-state index contributed by atoms with van der Waals surface area (Å²) >= 11 is 7.84. The molecule has 3 heterocycles. The van der Waals surface area contributed by atoms with Gasteiger partial charge >= 0.3 is 5.97 Å². The third kappa shape index (κ3) is 6.04. The third-order valence-electron chi connectivity index (χ3n) is 6.55. The van der Waals surface area contributed by atoms with Crippen molar-refractivity contribution in [1.29, 1.82) is 0 Å². The molecule has 8 nitrogen and oxygen atoms in total. The largest absolute Gasteiger partial charge is 0.492 e. The van der Waals surface area contributed by atoms with Crippen LogP contribution >= 0.6 is 23.4 Å². The molecule has 202 valence electrons. The molecule has 39 heavy (non-hydrogen) atoms. The van der Waals surface area contributed by atoms with Gasteiger partial charge in [0, 0.05) is 30.4 Å². The van der Waals surface area contributed by atoms with Gasteiger partial charge in [-0.15, -0.1) is 0 Å². The number of piperidine rings is 1. The van der Waals surface area contributed by atoms with Crippen LogP contribution in [0.4, 0.5) is 0 Å². The Hall–Kier alpha value is -3.56. The Morgan fingerprint density at radius 2 is 1.90 bits per heavy atom. The quantitative estimate of drug-likeness (QED) is 0.263. The van der Waals surface area contributed by atoms with Gasteiger partial charge in [0.2, 0.25) is 0 Å². The highest BCUT2D eigenvalue weighted by atomic mass is 35.5. The molecule has 0 bridgehead atoms. The Morgan fingerprint density at radius 1 is 1.13 bits per heavy atom. The molecule has 2 aliphatic heterocycles. The summed E-state index contributed by atoms with van der Waals surface area (Å²) in [7, 11) is 0. The van der Waals surface area contributed by atoms with Crippen LogP contribution in [0.1, 0.15) is 32.3 Å². The Bertz CT molecular complexity index is 1430. The number of esters is 1. The van der Waals surface area contributed by atoms with Crippen LogP contribution in [0.2, 0.25) is 5.02 Å². The predicted molar refractivity (Wildman–Crippen MR) is 154 cm³/mol. The fourth-order valence-electron chi connectivity index (χ4n) is 4.59. The molecule has 1 amide bonds. The molecule has 10 heteroatoms. The number of carbonyl (C=O) groups excluding carboxylic acids is 2. The minimum Gasteiger partial charge on any atom is -0.492 e. The van der Waals surface area contributed by atoms with E-state index in [1.165, 1.54) is 11.8 Å². The highest BCUT2D eigenvalue weighted by molar-refractivity contribution is 8.18. The zero-order valence-electron chi connectivity index (χ0n) is 21.8. The highest BCUT2D eigenvalue weighted by Crippen LogP contribution is 2.36. The molecule has 1 saturated heterocycles. The lowest BCUT2D eigenvalue weighted by Crippen LogP contribution is -2.39. The Kier molecular flexibility index (Phi) is 8.38. The number of likely N-dealkylation sites (tertiary alicyclic amines) is 1. The number of hydrogen-bond donors (Lipinski definition) is 0. The van der Waals surface area contributed by atoms with E-state index in [0.717, 1.165) is 16.8 Å². The molecule has 5 rings (SSSR count). The normalized spacial score (nSPS) is 17.0. The molecule has 2 aliphatic rings. The molecular formula is C29H29ClN4O4S. The smallest absolute Gasteiger partial charge is 0.309 e. The van der Waals surface area contributed by atoms with E-state index < -0.39 is 0 Å². The van der Waals surface area contributed by atoms with Gasteiger partial charge in [-0.1, -0.05) is 29.8 Å². The van der Waals surface area contributed by atoms with Crippen molar-refractivity contribution in [2.45, 2.75) is 26.7 Å². The fourth-order valence-corrected chi connectivity index (χ4v) is 5.78. The molecule has 0 spiro atoms. The summed E-state index contributed by atoms with van der Waals surface area (Å²) in [5.41, 5.74) is 3.16. The van der Waals surface area contributed by atoms with Crippen LogP contribution in [-0.2, 0) is 14.3 Å². The molecule has 2 aromatic carbocycles. The molecule has 1 aromatic heterocycles. The molecule has 0 aliphatic carbocycles. The Morgan fingerprint density at radius 3 is 2.59 bits per heavy atom. The molecular weight excluding hydrogens is 536 g/mol. The molecule has 3 aromatic rings. The number of ether oxygens (including phenoxy) is 2. The summed E-state index contributed by atoms with van der Waals surface area (Å²) in [4.78, 5) is 32.0. The van der Waals surface area contributed by atoms with Gasteiger partial charge in [-0.25, -0.2) is 4.68 Å². The topological polar surface area (TPSA) is 86.0 Å². The van der Waals surface area contributed by atoms with Crippen molar-refractivity contribution in [2.75, 3.05) is 26.3 Å². The summed E-state index contributed by atoms with van der Waals surface area (Å²) in [5.74, 6) is 0.0701. The van der Waals surface area contributed by atoms with Gasteiger partial charge in [-0.3, -0.25) is 9.59 Å². The van der Waals surface area contributed by atoms with Gasteiger partial charge in [0.15, 0.2) is 5.17 Å². The maximum absolute atomic E-state index is 12.9. The molecule has 0 saturated carbocycles. The maximum Gasteiger partial charge on any atom is 0.309 e. The standard InChI is InChI=1S/C29H29ClN4O4S/c1-3-37-24-11-10-20(16-23(24)30)26-21(18-34(32-26)22-8-6-5-7-9-22)17-25-27(35)31-29(39-25)33-14-12-19(13-15-33)28(36)38-4-2/h5-11,16-19H,3-4,12-15H2,1-2H3/b25-17-. The first kappa shape index (κ1) is 27.0. The van der Waals surface area contributed by atoms with Crippen LogP contribution in [0.15, 0.2) is 64.6 Å². The van der Waals surface area contributed by atoms with Crippen LogP contribution in [0.3, 0.4) is 0 Å². The number of nitrogens with zero attached hydrogens (tertiary/aromatic N) is 4. The van der Waals surface area contributed by atoms with Crippen LogP contribution in [0.5, 0.6) is 5.75 Å². The molecule has 0 unspecified atom stereocenters. The van der Waals surface area contributed by atoms with Gasteiger partial charge < -0.3 is 14.4 Å². The lowest BCUT2D eigenvalue weighted by atomic mass is 9.97. The number of hydrogen-bond acceptors (Lipinski definition) is 7. The first-order chi connectivity index (χ1) is 19.0. The van der Waals surface area contributed by atoms with E-state index in [4.69, 9.17) is 26.2 Å². The summed E-state index contributed by atoms with van der Waals surface area (Å²) in [6, 6.07) is 15.3. The minimum absolute atomic E-state index is 0.105. The molecule has 0 radical (unpaired) electrons. The van der Waals surface area contributed by atoms with Gasteiger partial charge in [-0.05, 0) is 74.9 Å². The van der Waals surface area contributed by atoms with E-state index in [-0.39, 0.29) is 17.8 Å². The molecule has 0 N–H and O–H groups in total. The average Bonchev–Trinajstić information content (AvgIpc) is 3.54. The number of aromatic nitrogens is 2. The van der Waals surface area contributed by atoms with Crippen molar-refractivity contribution in [3.63, 3.8) is 0 Å². The van der Waals surface area contributed by atoms with Crippen LogP contribution in [-0.4, -0.2) is 58.0 Å². The lowest BCUT2D eigenvalue weighted by Gasteiger charge is -2.31. The summed E-state index contributed by atoms with van der Waals surface area (Å²) in [6.07, 6.45) is 5.09. The number of halogens is 1. The third-order valence-corrected chi connectivity index (χ3v) is 7.89. The van der Waals surface area contributed by atoms with Crippen molar-refractivity contribution >= 4 is 46.5 Å². The number of aliphatic imine (C=N–C) groups is 1. The van der Waals surface area contributed by atoms with Crippen LogP contribution in [0, 0.1) is 5.92 Å². The number of para-hydroxylation sites is 1. The lowest BCUT2D eigenvalue weighted by molar-refractivity contribution is -0.149. The Labute approximate surface area is 236 Å². The van der Waals surface area contributed by atoms with E-state index in [1.54, 1.807) is 4.68 Å². The van der Waals surface area contributed by atoms with Crippen molar-refractivity contribution in [3.05, 3.63) is 70.2 Å². The maximum atomic E-state index is 12.9. The summed E-state index contributed by atoms with van der Waals surface area (Å²) in [6.45, 7) is 5.92. The zero-order chi connectivity index (χ0) is 27.4. The first-order valence-corrected chi connectivity index (χ1v) is 14.2. The van der Waals surface area contributed by atoms with Crippen molar-refractivity contribution < 1.29 is 19.1 Å². The molecule has 0 atom stereocenters. The number of benzene rings is 2. The van der Waals surface area contributed by atoms with Crippen molar-refractivity contribution in [1.82, 2.24) is 14.7 Å². The zero-order valence-corrected chi connectivity index (χ0v) is 23.4. The second-order valence-corrected chi connectivity index (χ2v) is 10.5. The second-order valence-electron chi connectivity index (χ2n) is 9.11. The summed E-state index contributed by atoms with van der Waals surface area (Å²) < 4.78 is 12.6. The monoisotopic (exact) mass is 564 g/mol. The van der Waals surface area contributed by atoms with Crippen molar-refractivity contribution in [3.8, 4) is 22.7 Å². The van der Waals surface area contributed by atoms with E-state index in [1.807, 2.05) is 74.7 Å². The minimum atomic E-state index is -0.286. The Balaban J connectivity index is 1.41. The number of amides is 1. The van der Waals surface area contributed by atoms with Gasteiger partial charge in [0.25, 0.3) is 5.91 Å². The predicted octanol–water partition coefficient (Wildman–Crippen LogP) is 5.84. The highest BCUT2D eigenvalue weighted by Gasteiger charge is 2.32. The average molecular weight is 565 g/mol. The van der Waals surface area contributed by atoms with E-state index >= 15 is 0 Å². The van der Waals surface area contributed by atoms with E-state index in [2.05, 4.69) is 9.89 Å². The SMILES string of the molecule is CCOC(=O)C1CCN(C2=NC(=O)/C(=C/c3cn(-c4ccccc4)nc3-c3ccc(OCC)c(Cl)c3)S2)CC1. The van der Waals surface area contributed by atoms with E-state index in [9.17, 15) is 9.59 Å². The first-order valence-electron chi connectivity index (χ1n) is 13.0. The number of thioether (sulfide) groups is 1. The summed E-state index contributed by atoms with van der Waals surface area (Å²) in [5, 5.41) is 6.00. The number of amidine groups is 1. The molecule has 1 fully saturated rings.